The molecular formula is C7H9KO3P+3. The second-order valence-corrected chi connectivity index (χ2v) is 3.18. The molecule has 58 valence electrons. The quantitative estimate of drug-likeness (QED) is 0.464. The van der Waals surface area contributed by atoms with Crippen LogP contribution in [0.5, 0.6) is 0 Å². The zero-order valence-electron chi connectivity index (χ0n) is 7.71. The molecule has 0 spiro atoms. The Labute approximate surface area is 116 Å². The Hall–Kier alpha value is 0.876. The minimum absolute atomic E-state index is 0. The van der Waals surface area contributed by atoms with Crippen molar-refractivity contribution in [2.75, 3.05) is 0 Å². The van der Waals surface area contributed by atoms with Crippen molar-refractivity contribution in [2.45, 2.75) is 5.85 Å². The van der Waals surface area contributed by atoms with E-state index in [1.807, 2.05) is 0 Å². The molecular weight excluding hydrogens is 202 g/mol. The van der Waals surface area contributed by atoms with Crippen molar-refractivity contribution in [1.29, 1.82) is 0 Å². The van der Waals surface area contributed by atoms with E-state index < -0.39 is 13.9 Å². The van der Waals surface area contributed by atoms with E-state index >= 15 is 0 Å². The molecule has 0 heterocycles. The number of benzene rings is 1. The Bertz CT molecular complexity index is 257. The maximum absolute atomic E-state index is 10.4. The molecule has 2 unspecified atom stereocenters. The van der Waals surface area contributed by atoms with Crippen LogP contribution in [0.15, 0.2) is 30.3 Å². The van der Waals surface area contributed by atoms with Gasteiger partial charge in [-0.15, -0.1) is 0 Å². The van der Waals surface area contributed by atoms with Crippen molar-refractivity contribution in [1.82, 2.24) is 0 Å². The van der Waals surface area contributed by atoms with Crippen LogP contribution in [-0.4, -0.2) is 10.00 Å². The van der Waals surface area contributed by atoms with Crippen molar-refractivity contribution < 1.29 is 67.4 Å². The van der Waals surface area contributed by atoms with E-state index in [0.717, 1.165) is 0 Å². The Morgan fingerprint density at radius 2 is 1.83 bits per heavy atom. The molecule has 2 N–H and O–H groups in total. The molecule has 0 aliphatic carbocycles. The number of rotatable bonds is 2. The number of aliphatic hydroxyl groups is 1. The van der Waals surface area contributed by atoms with Crippen LogP contribution < -0.4 is 51.4 Å². The molecule has 2 atom stereocenters. The summed E-state index contributed by atoms with van der Waals surface area (Å²) in [7, 11) is -2.53. The van der Waals surface area contributed by atoms with Gasteiger partial charge in [-0.05, 0) is 4.57 Å². The zero-order chi connectivity index (χ0) is 8.27. The molecule has 0 fully saturated rings. The molecule has 3 nitrogen and oxygen atoms in total. The Balaban J connectivity index is 0. The smallest absolute Gasteiger partial charge is 0.345 e. The van der Waals surface area contributed by atoms with Crippen LogP contribution in [-0.2, 0) is 4.57 Å². The molecule has 0 saturated heterocycles. The first-order valence-corrected chi connectivity index (χ1v) is 4.38. The summed E-state index contributed by atoms with van der Waals surface area (Å²) in [6, 6.07) is 8.40. The average molecular weight is 211 g/mol. The largest absolute Gasteiger partial charge is 1.00 e. The Morgan fingerprint density at radius 3 is 2.25 bits per heavy atom. The third-order valence-electron chi connectivity index (χ3n) is 1.31. The first kappa shape index (κ1) is 12.9. The fourth-order valence-electron chi connectivity index (χ4n) is 0.753. The van der Waals surface area contributed by atoms with E-state index in [0.29, 0.717) is 5.56 Å². The predicted molar refractivity (Wildman–Crippen MR) is 42.3 cm³/mol. The zero-order valence-corrected chi connectivity index (χ0v) is 10.7. The van der Waals surface area contributed by atoms with Gasteiger partial charge in [-0.2, -0.15) is 4.89 Å². The molecule has 0 amide bonds. The van der Waals surface area contributed by atoms with E-state index in [2.05, 4.69) is 0 Å². The maximum Gasteiger partial charge on any atom is 1.00 e. The van der Waals surface area contributed by atoms with E-state index in [1.54, 1.807) is 30.3 Å². The summed E-state index contributed by atoms with van der Waals surface area (Å²) in [5.41, 5.74) is 0.469. The van der Waals surface area contributed by atoms with Crippen LogP contribution >= 0.6 is 8.03 Å². The summed E-state index contributed by atoms with van der Waals surface area (Å²) in [6.07, 6.45) is 0. The normalized spacial score (nSPS) is 13.0. The first-order valence-electron chi connectivity index (χ1n) is 3.10. The maximum atomic E-state index is 10.4. The Kier molecular flexibility index (Phi) is 6.81. The molecule has 0 saturated carbocycles. The van der Waals surface area contributed by atoms with Gasteiger partial charge in [-0.3, -0.25) is 0 Å². The van der Waals surface area contributed by atoms with Gasteiger partial charge in [0, 0.05) is 5.56 Å². The fraction of sp³-hybridized carbons (Fsp3) is 0.143. The monoisotopic (exact) mass is 211 g/mol. The fourth-order valence-corrected chi connectivity index (χ4v) is 1.18. The van der Waals surface area contributed by atoms with Gasteiger partial charge < -0.3 is 5.11 Å². The van der Waals surface area contributed by atoms with Gasteiger partial charge in [0.15, 0.2) is 0 Å². The summed E-state index contributed by atoms with van der Waals surface area (Å²) < 4.78 is 10.4. The van der Waals surface area contributed by atoms with Gasteiger partial charge in [0.05, 0.1) is 0 Å². The van der Waals surface area contributed by atoms with Crippen molar-refractivity contribution in [3.63, 3.8) is 0 Å². The molecule has 1 aromatic carbocycles. The van der Waals surface area contributed by atoms with Gasteiger partial charge in [0.2, 0.25) is 0 Å². The predicted octanol–water partition coefficient (Wildman–Crippen LogP) is -1.47. The van der Waals surface area contributed by atoms with Crippen LogP contribution in [0.1, 0.15) is 12.8 Å². The van der Waals surface area contributed by atoms with Gasteiger partial charge in [-0.1, -0.05) is 30.3 Å². The van der Waals surface area contributed by atoms with Crippen LogP contribution in [0, 0.1) is 0 Å². The standard InChI is InChI=1S/C7H7O3P.K/c8-7(11(9)10)6-4-2-1-3-5-6;/h1-5,7-8H;/q;+1/p+2. The van der Waals surface area contributed by atoms with Crippen molar-refractivity contribution >= 4 is 8.03 Å². The number of hydrogen-bond donors (Lipinski definition) is 2. The van der Waals surface area contributed by atoms with Crippen LogP contribution in [0.2, 0.25) is 0 Å². The summed E-state index contributed by atoms with van der Waals surface area (Å²) in [5.74, 6) is -1.26. The van der Waals surface area contributed by atoms with Crippen molar-refractivity contribution in [3.05, 3.63) is 35.9 Å². The van der Waals surface area contributed by atoms with E-state index in [9.17, 15) is 4.57 Å². The van der Waals surface area contributed by atoms with Gasteiger partial charge in [0.25, 0.3) is 0 Å². The topological polar surface area (TPSA) is 57.5 Å². The minimum atomic E-state index is -2.53. The summed E-state index contributed by atoms with van der Waals surface area (Å²) >= 11 is 0. The minimum Gasteiger partial charge on any atom is -0.345 e. The summed E-state index contributed by atoms with van der Waals surface area (Å²) in [5, 5.41) is 9.06. The third-order valence-corrected chi connectivity index (χ3v) is 2.02. The van der Waals surface area contributed by atoms with Crippen LogP contribution in [0.4, 0.5) is 0 Å². The molecule has 1 aromatic rings. The Morgan fingerprint density at radius 1 is 1.33 bits per heavy atom. The molecule has 0 aromatic heterocycles. The van der Waals surface area contributed by atoms with Gasteiger partial charge in [0.1, 0.15) is 0 Å². The average Bonchev–Trinajstić information content (AvgIpc) is 2.05. The van der Waals surface area contributed by atoms with E-state index in [-0.39, 0.29) is 52.8 Å². The van der Waals surface area contributed by atoms with Crippen LogP contribution in [0.3, 0.4) is 0 Å². The first-order chi connectivity index (χ1) is 5.22. The molecule has 12 heavy (non-hydrogen) atoms. The number of hydrogen-bond acceptors (Lipinski definition) is 2. The van der Waals surface area contributed by atoms with E-state index in [1.165, 1.54) is 0 Å². The van der Waals surface area contributed by atoms with Crippen molar-refractivity contribution in [2.24, 2.45) is 0 Å². The molecule has 0 radical (unpaired) electrons. The molecule has 5 heteroatoms. The molecule has 0 aliphatic heterocycles. The summed E-state index contributed by atoms with van der Waals surface area (Å²) in [6.45, 7) is 0. The number of aliphatic hydroxyl groups excluding tert-OH is 1. The molecule has 1 rings (SSSR count). The second-order valence-electron chi connectivity index (χ2n) is 2.09. The second kappa shape index (κ2) is 6.35. The molecule has 0 bridgehead atoms. The van der Waals surface area contributed by atoms with E-state index in [4.69, 9.17) is 10.00 Å². The molecule has 0 aliphatic rings. The third kappa shape index (κ3) is 3.72. The SMILES string of the molecule is O=[P+](O)C(O)c1ccccc1.[H+].[K+]. The van der Waals surface area contributed by atoms with Gasteiger partial charge >= 0.3 is 66.7 Å². The van der Waals surface area contributed by atoms with Crippen LogP contribution in [0.25, 0.3) is 0 Å². The van der Waals surface area contributed by atoms with Gasteiger partial charge in [-0.25, -0.2) is 0 Å². The van der Waals surface area contributed by atoms with Crippen molar-refractivity contribution in [3.8, 4) is 0 Å². The summed E-state index contributed by atoms with van der Waals surface area (Å²) in [4.78, 5) is 8.53.